The van der Waals surface area contributed by atoms with Crippen LogP contribution < -0.4 is 5.32 Å². The molecule has 0 unspecified atom stereocenters. The molecule has 0 bridgehead atoms. The molecule has 0 spiro atoms. The van der Waals surface area contributed by atoms with Crippen molar-refractivity contribution in [2.24, 2.45) is 0 Å². The van der Waals surface area contributed by atoms with Crippen LogP contribution in [0.5, 0.6) is 0 Å². The van der Waals surface area contributed by atoms with Crippen molar-refractivity contribution >= 4 is 33.0 Å². The Balaban J connectivity index is 1.49. The average molecular weight is 430 g/mol. The van der Waals surface area contributed by atoms with Crippen LogP contribution in [0.2, 0.25) is 0 Å². The molecule has 7 nitrogen and oxygen atoms in total. The van der Waals surface area contributed by atoms with Gasteiger partial charge >= 0.3 is 0 Å². The number of carbonyl (C=O) groups excluding carboxylic acids is 1. The number of para-hydroxylation sites is 1. The summed E-state index contributed by atoms with van der Waals surface area (Å²) < 4.78 is 32.1. The molecule has 1 aliphatic rings. The van der Waals surface area contributed by atoms with Gasteiger partial charge in [-0.25, -0.2) is 13.4 Å². The number of ether oxygens (including phenoxy) is 1. The first kappa shape index (κ1) is 19.7. The van der Waals surface area contributed by atoms with Crippen molar-refractivity contribution in [2.75, 3.05) is 31.6 Å². The predicted octanol–water partition coefficient (Wildman–Crippen LogP) is 3.08. The molecule has 0 atom stereocenters. The lowest BCUT2D eigenvalue weighted by Crippen LogP contribution is -2.40. The molecule has 0 saturated carbocycles. The number of thiazole rings is 1. The van der Waals surface area contributed by atoms with Gasteiger partial charge in [0.2, 0.25) is 10.0 Å². The monoisotopic (exact) mass is 429 g/mol. The van der Waals surface area contributed by atoms with Crippen LogP contribution in [0.3, 0.4) is 0 Å². The van der Waals surface area contributed by atoms with E-state index >= 15 is 0 Å². The summed E-state index contributed by atoms with van der Waals surface area (Å²) in [5.74, 6) is -0.279. The number of nitrogens with one attached hydrogen (secondary N) is 1. The highest BCUT2D eigenvalue weighted by Gasteiger charge is 2.26. The van der Waals surface area contributed by atoms with Crippen molar-refractivity contribution in [3.8, 4) is 11.3 Å². The van der Waals surface area contributed by atoms with E-state index in [0.717, 1.165) is 5.56 Å². The van der Waals surface area contributed by atoms with E-state index in [1.807, 2.05) is 18.2 Å². The van der Waals surface area contributed by atoms with Gasteiger partial charge in [-0.1, -0.05) is 30.3 Å². The number of hydrogen-bond acceptors (Lipinski definition) is 6. The van der Waals surface area contributed by atoms with Gasteiger partial charge in [0, 0.05) is 29.7 Å². The second kappa shape index (κ2) is 8.42. The third-order valence-corrected chi connectivity index (χ3v) is 7.24. The Morgan fingerprint density at radius 3 is 2.41 bits per heavy atom. The van der Waals surface area contributed by atoms with Gasteiger partial charge in [-0.3, -0.25) is 4.79 Å². The first-order chi connectivity index (χ1) is 14.0. The fourth-order valence-corrected chi connectivity index (χ4v) is 5.08. The van der Waals surface area contributed by atoms with Gasteiger partial charge in [-0.15, -0.1) is 11.3 Å². The minimum absolute atomic E-state index is 0.237. The molecule has 3 aromatic rings. The van der Waals surface area contributed by atoms with Gasteiger partial charge in [0.25, 0.3) is 5.91 Å². The topological polar surface area (TPSA) is 88.6 Å². The minimum Gasteiger partial charge on any atom is -0.379 e. The third kappa shape index (κ3) is 4.38. The molecule has 1 fully saturated rings. The SMILES string of the molecule is O=C(Nc1ccccc1)c1nc(-c2ccc(S(=O)(=O)N3CCOCC3)cc2)cs1. The molecule has 1 aromatic heterocycles. The second-order valence-electron chi connectivity index (χ2n) is 6.40. The van der Waals surface area contributed by atoms with Gasteiger partial charge in [0.15, 0.2) is 5.01 Å². The number of sulfonamides is 1. The van der Waals surface area contributed by atoms with Crippen molar-refractivity contribution in [1.29, 1.82) is 0 Å². The van der Waals surface area contributed by atoms with Crippen LogP contribution in [0.1, 0.15) is 9.80 Å². The van der Waals surface area contributed by atoms with Crippen molar-refractivity contribution in [3.63, 3.8) is 0 Å². The molecule has 0 radical (unpaired) electrons. The maximum atomic E-state index is 12.7. The number of hydrogen-bond donors (Lipinski definition) is 1. The number of nitrogens with zero attached hydrogens (tertiary/aromatic N) is 2. The fourth-order valence-electron chi connectivity index (χ4n) is 2.95. The van der Waals surface area contributed by atoms with E-state index in [4.69, 9.17) is 4.74 Å². The Labute approximate surface area is 173 Å². The molecule has 9 heteroatoms. The molecule has 2 aromatic carbocycles. The molecular weight excluding hydrogens is 410 g/mol. The summed E-state index contributed by atoms with van der Waals surface area (Å²) in [6.07, 6.45) is 0. The highest BCUT2D eigenvalue weighted by Crippen LogP contribution is 2.25. The van der Waals surface area contributed by atoms with Crippen molar-refractivity contribution in [3.05, 3.63) is 65.0 Å². The number of rotatable bonds is 5. The Morgan fingerprint density at radius 2 is 1.72 bits per heavy atom. The Bertz CT molecular complexity index is 1090. The molecule has 1 N–H and O–H groups in total. The lowest BCUT2D eigenvalue weighted by molar-refractivity contribution is 0.0730. The zero-order chi connectivity index (χ0) is 20.3. The van der Waals surface area contributed by atoms with Gasteiger partial charge in [-0.05, 0) is 24.3 Å². The highest BCUT2D eigenvalue weighted by atomic mass is 32.2. The van der Waals surface area contributed by atoms with Gasteiger partial charge in [0.05, 0.1) is 23.8 Å². The first-order valence-corrected chi connectivity index (χ1v) is 11.4. The first-order valence-electron chi connectivity index (χ1n) is 9.04. The molecule has 0 aliphatic carbocycles. The summed E-state index contributed by atoms with van der Waals surface area (Å²) in [4.78, 5) is 17.0. The summed E-state index contributed by atoms with van der Waals surface area (Å²) in [7, 11) is -3.53. The zero-order valence-electron chi connectivity index (χ0n) is 15.4. The molecule has 2 heterocycles. The van der Waals surface area contributed by atoms with Crippen LogP contribution in [0, 0.1) is 0 Å². The lowest BCUT2D eigenvalue weighted by Gasteiger charge is -2.26. The zero-order valence-corrected chi connectivity index (χ0v) is 17.1. The van der Waals surface area contributed by atoms with Gasteiger partial charge in [0.1, 0.15) is 0 Å². The number of anilines is 1. The molecule has 150 valence electrons. The van der Waals surface area contributed by atoms with Crippen LogP contribution in [0.25, 0.3) is 11.3 Å². The summed E-state index contributed by atoms with van der Waals surface area (Å²) in [6, 6.07) is 15.7. The number of benzene rings is 2. The largest absolute Gasteiger partial charge is 0.379 e. The Kier molecular flexibility index (Phi) is 5.72. The van der Waals surface area contributed by atoms with E-state index in [0.29, 0.717) is 42.7 Å². The van der Waals surface area contributed by atoms with Crippen molar-refractivity contribution in [1.82, 2.24) is 9.29 Å². The predicted molar refractivity (Wildman–Crippen MR) is 112 cm³/mol. The number of amides is 1. The van der Waals surface area contributed by atoms with E-state index < -0.39 is 10.0 Å². The third-order valence-electron chi connectivity index (χ3n) is 4.49. The molecule has 1 aliphatic heterocycles. The normalized spacial score (nSPS) is 15.2. The molecule has 29 heavy (non-hydrogen) atoms. The lowest BCUT2D eigenvalue weighted by atomic mass is 10.2. The Hall–Kier alpha value is -2.59. The standard InChI is InChI=1S/C20H19N3O4S2/c24-19(21-16-4-2-1-3-5-16)20-22-18(14-28-20)15-6-8-17(9-7-15)29(25,26)23-10-12-27-13-11-23/h1-9,14H,10-13H2,(H,21,24). The quantitative estimate of drug-likeness (QED) is 0.673. The van der Waals surface area contributed by atoms with Crippen LogP contribution in [-0.2, 0) is 14.8 Å². The van der Waals surface area contributed by atoms with E-state index in [2.05, 4.69) is 10.3 Å². The van der Waals surface area contributed by atoms with E-state index in [-0.39, 0.29) is 10.8 Å². The van der Waals surface area contributed by atoms with Crippen LogP contribution >= 0.6 is 11.3 Å². The van der Waals surface area contributed by atoms with E-state index in [9.17, 15) is 13.2 Å². The summed E-state index contributed by atoms with van der Waals surface area (Å²) >= 11 is 1.24. The van der Waals surface area contributed by atoms with Gasteiger partial charge < -0.3 is 10.1 Å². The van der Waals surface area contributed by atoms with Gasteiger partial charge in [-0.2, -0.15) is 4.31 Å². The summed E-state index contributed by atoms with van der Waals surface area (Å²) in [5.41, 5.74) is 2.08. The number of carbonyl (C=O) groups is 1. The number of aromatic nitrogens is 1. The van der Waals surface area contributed by atoms with Crippen molar-refractivity contribution < 1.29 is 17.9 Å². The minimum atomic E-state index is -3.53. The number of morpholine rings is 1. The second-order valence-corrected chi connectivity index (χ2v) is 9.19. The molecule has 4 rings (SSSR count). The average Bonchev–Trinajstić information content (AvgIpc) is 3.26. The highest BCUT2D eigenvalue weighted by molar-refractivity contribution is 7.89. The van der Waals surface area contributed by atoms with Crippen molar-refractivity contribution in [2.45, 2.75) is 4.90 Å². The fraction of sp³-hybridized carbons (Fsp3) is 0.200. The van der Waals surface area contributed by atoms with E-state index in [1.54, 1.807) is 41.8 Å². The Morgan fingerprint density at radius 1 is 1.03 bits per heavy atom. The maximum absolute atomic E-state index is 12.7. The summed E-state index contributed by atoms with van der Waals surface area (Å²) in [5, 5.41) is 4.93. The molecule has 1 amide bonds. The smallest absolute Gasteiger partial charge is 0.284 e. The molecule has 1 saturated heterocycles. The van der Waals surface area contributed by atoms with E-state index in [1.165, 1.54) is 15.6 Å². The van der Waals surface area contributed by atoms with Crippen LogP contribution in [0.4, 0.5) is 5.69 Å². The molecular formula is C20H19N3O4S2. The van der Waals surface area contributed by atoms with Crippen LogP contribution in [0.15, 0.2) is 64.9 Å². The maximum Gasteiger partial charge on any atom is 0.284 e. The van der Waals surface area contributed by atoms with Crippen LogP contribution in [-0.4, -0.2) is 49.9 Å². The summed E-state index contributed by atoms with van der Waals surface area (Å²) in [6.45, 7) is 1.53.